The SMILES string of the molecule is CCOc1ccc(NC(=O)Cn2c(=O)n(-c3cccc(C)c3)c(=O)c3c2c2cc(C)ccc2n3C)cc1. The van der Waals surface area contributed by atoms with Crippen LogP contribution in [0.5, 0.6) is 5.75 Å². The molecule has 8 heteroatoms. The van der Waals surface area contributed by atoms with Crippen LogP contribution in [-0.2, 0) is 18.4 Å². The van der Waals surface area contributed by atoms with Gasteiger partial charge in [-0.3, -0.25) is 14.2 Å². The molecule has 8 nitrogen and oxygen atoms in total. The lowest BCUT2D eigenvalue weighted by Crippen LogP contribution is -2.41. The van der Waals surface area contributed by atoms with Crippen LogP contribution in [0.3, 0.4) is 0 Å². The van der Waals surface area contributed by atoms with Gasteiger partial charge in [0.05, 0.1) is 23.3 Å². The molecule has 5 aromatic rings. The first-order valence-electron chi connectivity index (χ1n) is 12.1. The molecular weight excluding hydrogens is 468 g/mol. The summed E-state index contributed by atoms with van der Waals surface area (Å²) >= 11 is 0. The molecular formula is C29H28N4O4. The van der Waals surface area contributed by atoms with Gasteiger partial charge in [-0.15, -0.1) is 0 Å². The Hall–Kier alpha value is -4.59. The number of hydrogen-bond acceptors (Lipinski definition) is 4. The summed E-state index contributed by atoms with van der Waals surface area (Å²) < 4.78 is 9.79. The predicted octanol–water partition coefficient (Wildman–Crippen LogP) is 4.30. The molecule has 0 aliphatic carbocycles. The first-order valence-corrected chi connectivity index (χ1v) is 12.1. The van der Waals surface area contributed by atoms with E-state index in [4.69, 9.17) is 4.74 Å². The minimum Gasteiger partial charge on any atom is -0.494 e. The van der Waals surface area contributed by atoms with E-state index in [9.17, 15) is 14.4 Å². The average molecular weight is 497 g/mol. The van der Waals surface area contributed by atoms with Crippen molar-refractivity contribution in [3.63, 3.8) is 0 Å². The van der Waals surface area contributed by atoms with Gasteiger partial charge in [-0.1, -0.05) is 23.8 Å². The molecule has 188 valence electrons. The number of rotatable bonds is 6. The molecule has 0 radical (unpaired) electrons. The second kappa shape index (κ2) is 9.46. The molecule has 0 saturated carbocycles. The third kappa shape index (κ3) is 4.31. The number of carbonyl (C=O) groups is 1. The maximum absolute atomic E-state index is 13.9. The van der Waals surface area contributed by atoms with Gasteiger partial charge >= 0.3 is 5.69 Å². The number of anilines is 1. The Kier molecular flexibility index (Phi) is 6.17. The van der Waals surface area contributed by atoms with Gasteiger partial charge in [0.15, 0.2) is 0 Å². The number of aryl methyl sites for hydroxylation is 3. The van der Waals surface area contributed by atoms with Gasteiger partial charge < -0.3 is 14.6 Å². The van der Waals surface area contributed by atoms with Gasteiger partial charge in [-0.2, -0.15) is 0 Å². The molecule has 0 atom stereocenters. The summed E-state index contributed by atoms with van der Waals surface area (Å²) in [7, 11) is 1.80. The van der Waals surface area contributed by atoms with E-state index in [-0.39, 0.29) is 12.5 Å². The number of nitrogens with zero attached hydrogens (tertiary/aromatic N) is 3. The Bertz CT molecular complexity index is 1780. The van der Waals surface area contributed by atoms with Crippen molar-refractivity contribution < 1.29 is 9.53 Å². The molecule has 1 amide bonds. The van der Waals surface area contributed by atoms with Crippen LogP contribution in [0, 0.1) is 13.8 Å². The molecule has 0 aliphatic rings. The lowest BCUT2D eigenvalue weighted by molar-refractivity contribution is -0.116. The lowest BCUT2D eigenvalue weighted by atomic mass is 10.1. The molecule has 0 saturated heterocycles. The fraction of sp³-hybridized carbons (Fsp3) is 0.207. The van der Waals surface area contributed by atoms with Crippen molar-refractivity contribution in [2.75, 3.05) is 11.9 Å². The normalized spacial score (nSPS) is 11.2. The van der Waals surface area contributed by atoms with E-state index in [2.05, 4.69) is 5.32 Å². The summed E-state index contributed by atoms with van der Waals surface area (Å²) in [6.45, 7) is 6.04. The largest absolute Gasteiger partial charge is 0.494 e. The highest BCUT2D eigenvalue weighted by molar-refractivity contribution is 6.06. The first-order chi connectivity index (χ1) is 17.8. The monoisotopic (exact) mass is 496 g/mol. The van der Waals surface area contributed by atoms with E-state index in [0.717, 1.165) is 26.6 Å². The molecule has 3 aromatic carbocycles. The van der Waals surface area contributed by atoms with E-state index < -0.39 is 11.2 Å². The number of hydrogen-bond donors (Lipinski definition) is 1. The second-order valence-corrected chi connectivity index (χ2v) is 9.13. The Morgan fingerprint density at radius 1 is 0.919 bits per heavy atom. The van der Waals surface area contributed by atoms with Crippen LogP contribution in [0.15, 0.2) is 76.3 Å². The molecule has 0 bridgehead atoms. The number of amides is 1. The number of nitrogens with one attached hydrogen (secondary N) is 1. The predicted molar refractivity (Wildman–Crippen MR) is 146 cm³/mol. The van der Waals surface area contributed by atoms with Crippen molar-refractivity contribution in [2.24, 2.45) is 7.05 Å². The number of fused-ring (bicyclic) bond motifs is 3. The standard InChI is InChI=1S/C29H28N4O4/c1-5-37-22-12-10-20(11-13-22)30-25(34)17-32-26-23-16-19(3)9-14-24(23)31(4)27(26)28(35)33(29(32)36)21-8-6-7-18(2)15-21/h6-16H,5,17H2,1-4H3,(H,30,34). The summed E-state index contributed by atoms with van der Waals surface area (Å²) in [5.41, 5.74) is 3.55. The van der Waals surface area contributed by atoms with E-state index >= 15 is 0 Å². The fourth-order valence-corrected chi connectivity index (χ4v) is 4.75. The first kappa shape index (κ1) is 24.1. The van der Waals surface area contributed by atoms with Crippen LogP contribution in [0.2, 0.25) is 0 Å². The van der Waals surface area contributed by atoms with Crippen LogP contribution in [0.4, 0.5) is 5.69 Å². The third-order valence-corrected chi connectivity index (χ3v) is 6.44. The van der Waals surface area contributed by atoms with Crippen LogP contribution in [-0.4, -0.2) is 26.2 Å². The minimum atomic E-state index is -0.570. The van der Waals surface area contributed by atoms with Crippen molar-refractivity contribution in [3.8, 4) is 11.4 Å². The molecule has 1 N–H and O–H groups in total. The lowest BCUT2D eigenvalue weighted by Gasteiger charge is -2.14. The average Bonchev–Trinajstić information content (AvgIpc) is 3.15. The molecule has 2 heterocycles. The minimum absolute atomic E-state index is 0.262. The Morgan fingerprint density at radius 3 is 2.35 bits per heavy atom. The molecule has 37 heavy (non-hydrogen) atoms. The van der Waals surface area contributed by atoms with Crippen molar-refractivity contribution in [1.29, 1.82) is 0 Å². The van der Waals surface area contributed by atoms with E-state index in [1.54, 1.807) is 54.1 Å². The van der Waals surface area contributed by atoms with E-state index in [1.165, 1.54) is 4.57 Å². The van der Waals surface area contributed by atoms with Gasteiger partial charge in [-0.25, -0.2) is 9.36 Å². The van der Waals surface area contributed by atoms with Gasteiger partial charge in [-0.05, 0) is 74.9 Å². The van der Waals surface area contributed by atoms with Crippen molar-refractivity contribution in [2.45, 2.75) is 27.3 Å². The Labute approximate surface area is 213 Å². The summed E-state index contributed by atoms with van der Waals surface area (Å²) in [5.74, 6) is 0.321. The van der Waals surface area contributed by atoms with Gasteiger partial charge in [0.1, 0.15) is 17.8 Å². The second-order valence-electron chi connectivity index (χ2n) is 9.13. The molecule has 5 rings (SSSR count). The van der Waals surface area contributed by atoms with Crippen LogP contribution in [0.1, 0.15) is 18.1 Å². The van der Waals surface area contributed by atoms with Gasteiger partial charge in [0, 0.05) is 18.1 Å². The molecule has 0 aliphatic heterocycles. The number of ether oxygens (including phenoxy) is 1. The Morgan fingerprint density at radius 2 is 1.65 bits per heavy atom. The molecule has 0 spiro atoms. The van der Waals surface area contributed by atoms with Crippen molar-refractivity contribution in [3.05, 3.63) is 98.7 Å². The van der Waals surface area contributed by atoms with Gasteiger partial charge in [0.2, 0.25) is 5.91 Å². The number of aromatic nitrogens is 3. The third-order valence-electron chi connectivity index (χ3n) is 6.44. The Balaban J connectivity index is 1.70. The maximum Gasteiger partial charge on any atom is 0.336 e. The zero-order valence-corrected chi connectivity index (χ0v) is 21.2. The smallest absolute Gasteiger partial charge is 0.336 e. The molecule has 0 unspecified atom stereocenters. The van der Waals surface area contributed by atoms with Crippen LogP contribution >= 0.6 is 0 Å². The fourth-order valence-electron chi connectivity index (χ4n) is 4.75. The van der Waals surface area contributed by atoms with Crippen molar-refractivity contribution >= 4 is 33.5 Å². The van der Waals surface area contributed by atoms with Crippen LogP contribution < -0.4 is 21.3 Å². The van der Waals surface area contributed by atoms with Gasteiger partial charge in [0.25, 0.3) is 5.56 Å². The highest BCUT2D eigenvalue weighted by Gasteiger charge is 2.22. The van der Waals surface area contributed by atoms with E-state index in [1.807, 2.05) is 45.0 Å². The number of carbonyl (C=O) groups excluding carboxylic acids is 1. The topological polar surface area (TPSA) is 87.3 Å². The summed E-state index contributed by atoms with van der Waals surface area (Å²) in [4.78, 5) is 40.8. The molecule has 0 fully saturated rings. The highest BCUT2D eigenvalue weighted by Crippen LogP contribution is 2.27. The summed E-state index contributed by atoms with van der Waals surface area (Å²) in [5, 5.41) is 3.60. The number of benzene rings is 3. The molecule has 2 aromatic heterocycles. The highest BCUT2D eigenvalue weighted by atomic mass is 16.5. The van der Waals surface area contributed by atoms with Crippen LogP contribution in [0.25, 0.3) is 27.6 Å². The maximum atomic E-state index is 13.9. The van der Waals surface area contributed by atoms with Crippen molar-refractivity contribution in [1.82, 2.24) is 13.7 Å². The zero-order valence-electron chi connectivity index (χ0n) is 21.2. The summed E-state index contributed by atoms with van der Waals surface area (Å²) in [6, 6.07) is 20.1. The quantitative estimate of drug-likeness (QED) is 0.380. The zero-order chi connectivity index (χ0) is 26.3. The van der Waals surface area contributed by atoms with E-state index in [0.29, 0.717) is 34.8 Å². The summed E-state index contributed by atoms with van der Waals surface area (Å²) in [6.07, 6.45) is 0.